The molecule has 0 spiro atoms. The fourth-order valence-corrected chi connectivity index (χ4v) is 2.53. The maximum Gasteiger partial charge on any atom is 0.329 e. The van der Waals surface area contributed by atoms with E-state index in [0.29, 0.717) is 25.7 Å². The van der Waals surface area contributed by atoms with Crippen LogP contribution in [0.2, 0.25) is 0 Å². The predicted octanol–water partition coefficient (Wildman–Crippen LogP) is 2.13. The topological polar surface area (TPSA) is 47.6 Å². The first-order valence-electron chi connectivity index (χ1n) is 7.18. The maximum absolute atomic E-state index is 12.4. The van der Waals surface area contributed by atoms with Crippen LogP contribution in [0.5, 0.6) is 0 Å². The molecule has 0 saturated heterocycles. The van der Waals surface area contributed by atoms with Crippen molar-refractivity contribution in [2.45, 2.75) is 31.8 Å². The standard InChI is InChI=1S/C16H23NO3/c1-3-20-15(18)16(12-19-2,14-9-10-14)17-11-13-7-5-4-6-8-13/h4-8,14,17H,3,9-12H2,1-2H3. The molecule has 0 aliphatic heterocycles. The van der Waals surface area contributed by atoms with Gasteiger partial charge in [-0.05, 0) is 31.2 Å². The maximum atomic E-state index is 12.4. The average molecular weight is 277 g/mol. The number of carbonyl (C=O) groups is 1. The van der Waals surface area contributed by atoms with E-state index in [1.54, 1.807) is 7.11 Å². The van der Waals surface area contributed by atoms with Crippen LogP contribution in [0.3, 0.4) is 0 Å². The van der Waals surface area contributed by atoms with E-state index in [0.717, 1.165) is 18.4 Å². The van der Waals surface area contributed by atoms with Crippen molar-refractivity contribution in [2.75, 3.05) is 20.3 Å². The van der Waals surface area contributed by atoms with Crippen LogP contribution in [0.4, 0.5) is 0 Å². The van der Waals surface area contributed by atoms with Crippen molar-refractivity contribution in [2.24, 2.45) is 5.92 Å². The summed E-state index contributed by atoms with van der Waals surface area (Å²) in [6, 6.07) is 10.1. The van der Waals surface area contributed by atoms with Gasteiger partial charge in [-0.25, -0.2) is 4.79 Å². The van der Waals surface area contributed by atoms with Gasteiger partial charge in [-0.2, -0.15) is 0 Å². The molecule has 1 N–H and O–H groups in total. The van der Waals surface area contributed by atoms with Crippen LogP contribution in [0, 0.1) is 5.92 Å². The number of hydrogen-bond donors (Lipinski definition) is 1. The van der Waals surface area contributed by atoms with E-state index < -0.39 is 5.54 Å². The number of rotatable bonds is 8. The van der Waals surface area contributed by atoms with E-state index in [9.17, 15) is 4.79 Å². The Morgan fingerprint density at radius 3 is 2.60 bits per heavy atom. The van der Waals surface area contributed by atoms with Gasteiger partial charge >= 0.3 is 5.97 Å². The first kappa shape index (κ1) is 15.0. The van der Waals surface area contributed by atoms with Gasteiger partial charge in [-0.15, -0.1) is 0 Å². The summed E-state index contributed by atoms with van der Waals surface area (Å²) < 4.78 is 10.6. The van der Waals surface area contributed by atoms with Crippen molar-refractivity contribution in [1.82, 2.24) is 5.32 Å². The van der Waals surface area contributed by atoms with Gasteiger partial charge in [0.15, 0.2) is 0 Å². The van der Waals surface area contributed by atoms with Gasteiger partial charge in [0.25, 0.3) is 0 Å². The average Bonchev–Trinajstić information content (AvgIpc) is 3.30. The molecule has 0 radical (unpaired) electrons. The lowest BCUT2D eigenvalue weighted by atomic mass is 9.93. The molecule has 1 aromatic carbocycles. The van der Waals surface area contributed by atoms with Crippen LogP contribution < -0.4 is 5.32 Å². The highest BCUT2D eigenvalue weighted by molar-refractivity contribution is 5.82. The molecule has 2 rings (SSSR count). The highest BCUT2D eigenvalue weighted by Crippen LogP contribution is 2.41. The summed E-state index contributed by atoms with van der Waals surface area (Å²) in [6.45, 7) is 3.21. The van der Waals surface area contributed by atoms with E-state index in [2.05, 4.69) is 5.32 Å². The number of carbonyl (C=O) groups excluding carboxylic acids is 1. The molecule has 110 valence electrons. The molecule has 20 heavy (non-hydrogen) atoms. The second-order valence-electron chi connectivity index (χ2n) is 5.24. The molecule has 0 bridgehead atoms. The Bertz CT molecular complexity index is 431. The number of ether oxygens (including phenoxy) is 2. The first-order valence-corrected chi connectivity index (χ1v) is 7.18. The van der Waals surface area contributed by atoms with E-state index >= 15 is 0 Å². The molecule has 1 aliphatic carbocycles. The molecule has 1 fully saturated rings. The Morgan fingerprint density at radius 2 is 2.05 bits per heavy atom. The normalized spacial score (nSPS) is 17.5. The van der Waals surface area contributed by atoms with Crippen LogP contribution in [0.1, 0.15) is 25.3 Å². The lowest BCUT2D eigenvalue weighted by molar-refractivity contribution is -0.155. The van der Waals surface area contributed by atoms with Crippen LogP contribution in [0.25, 0.3) is 0 Å². The van der Waals surface area contributed by atoms with Gasteiger partial charge < -0.3 is 9.47 Å². The summed E-state index contributed by atoms with van der Waals surface area (Å²) in [5, 5.41) is 3.40. The van der Waals surface area contributed by atoms with Crippen LogP contribution in [-0.2, 0) is 20.8 Å². The molecular formula is C16H23NO3. The molecular weight excluding hydrogens is 254 g/mol. The zero-order valence-electron chi connectivity index (χ0n) is 12.2. The van der Waals surface area contributed by atoms with E-state index in [1.165, 1.54) is 0 Å². The Kier molecular flexibility index (Phi) is 5.15. The fraction of sp³-hybridized carbons (Fsp3) is 0.562. The lowest BCUT2D eigenvalue weighted by Gasteiger charge is -2.32. The first-order chi connectivity index (χ1) is 9.73. The molecule has 4 nitrogen and oxygen atoms in total. The predicted molar refractivity (Wildman–Crippen MR) is 77.2 cm³/mol. The van der Waals surface area contributed by atoms with Crippen molar-refractivity contribution < 1.29 is 14.3 Å². The number of nitrogens with one attached hydrogen (secondary N) is 1. The third-order valence-electron chi connectivity index (χ3n) is 3.74. The third kappa shape index (κ3) is 3.38. The minimum Gasteiger partial charge on any atom is -0.465 e. The van der Waals surface area contributed by atoms with Crippen LogP contribution in [-0.4, -0.2) is 31.8 Å². The summed E-state index contributed by atoms with van der Waals surface area (Å²) in [5.41, 5.74) is 0.443. The van der Waals surface area contributed by atoms with Gasteiger partial charge in [0.1, 0.15) is 5.54 Å². The number of esters is 1. The number of benzene rings is 1. The zero-order chi connectivity index (χ0) is 14.4. The Morgan fingerprint density at radius 1 is 1.35 bits per heavy atom. The Balaban J connectivity index is 2.10. The van der Waals surface area contributed by atoms with Crippen LogP contribution in [0.15, 0.2) is 30.3 Å². The zero-order valence-corrected chi connectivity index (χ0v) is 12.2. The monoisotopic (exact) mass is 277 g/mol. The third-order valence-corrected chi connectivity index (χ3v) is 3.74. The molecule has 0 amide bonds. The summed E-state index contributed by atoms with van der Waals surface area (Å²) in [6.07, 6.45) is 2.09. The van der Waals surface area contributed by atoms with Gasteiger partial charge in [-0.1, -0.05) is 30.3 Å². The molecule has 1 unspecified atom stereocenters. The van der Waals surface area contributed by atoms with Crippen molar-refractivity contribution >= 4 is 5.97 Å². The van der Waals surface area contributed by atoms with Gasteiger partial charge in [0.2, 0.25) is 0 Å². The van der Waals surface area contributed by atoms with Crippen molar-refractivity contribution in [3.05, 3.63) is 35.9 Å². The molecule has 4 heteroatoms. The molecule has 0 heterocycles. The van der Waals surface area contributed by atoms with E-state index in [1.807, 2.05) is 37.3 Å². The smallest absolute Gasteiger partial charge is 0.329 e. The van der Waals surface area contributed by atoms with Gasteiger partial charge in [0, 0.05) is 13.7 Å². The van der Waals surface area contributed by atoms with Crippen LogP contribution >= 0.6 is 0 Å². The molecule has 1 saturated carbocycles. The Hall–Kier alpha value is -1.39. The summed E-state index contributed by atoms with van der Waals surface area (Å²) in [4.78, 5) is 12.4. The number of methoxy groups -OCH3 is 1. The second kappa shape index (κ2) is 6.86. The summed E-state index contributed by atoms with van der Waals surface area (Å²) in [7, 11) is 1.63. The van der Waals surface area contributed by atoms with Crippen molar-refractivity contribution in [1.29, 1.82) is 0 Å². The second-order valence-corrected chi connectivity index (χ2v) is 5.24. The lowest BCUT2D eigenvalue weighted by Crippen LogP contribution is -2.57. The minimum absolute atomic E-state index is 0.194. The SMILES string of the molecule is CCOC(=O)C(COC)(NCc1ccccc1)C1CC1. The van der Waals surface area contributed by atoms with Gasteiger partial charge in [-0.3, -0.25) is 5.32 Å². The summed E-state index contributed by atoms with van der Waals surface area (Å²) >= 11 is 0. The molecule has 0 aromatic heterocycles. The van der Waals surface area contributed by atoms with Crippen molar-refractivity contribution in [3.63, 3.8) is 0 Å². The largest absolute Gasteiger partial charge is 0.465 e. The molecule has 1 aromatic rings. The van der Waals surface area contributed by atoms with Gasteiger partial charge in [0.05, 0.1) is 13.2 Å². The minimum atomic E-state index is -0.708. The van der Waals surface area contributed by atoms with E-state index in [-0.39, 0.29) is 5.97 Å². The Labute approximate surface area is 120 Å². The highest BCUT2D eigenvalue weighted by atomic mass is 16.5. The van der Waals surface area contributed by atoms with Crippen molar-refractivity contribution in [3.8, 4) is 0 Å². The highest BCUT2D eigenvalue weighted by Gasteiger charge is 2.52. The van der Waals surface area contributed by atoms with E-state index in [4.69, 9.17) is 9.47 Å². The quantitative estimate of drug-likeness (QED) is 0.740. The molecule has 1 aliphatic rings. The summed E-state index contributed by atoms with van der Waals surface area (Å²) in [5.74, 6) is 0.116. The molecule has 1 atom stereocenters. The fourth-order valence-electron chi connectivity index (χ4n) is 2.53. The number of hydrogen-bond acceptors (Lipinski definition) is 4.